The van der Waals surface area contributed by atoms with Crippen LogP contribution in [-0.4, -0.2) is 30.7 Å². The van der Waals surface area contributed by atoms with Crippen molar-refractivity contribution in [3.63, 3.8) is 0 Å². The summed E-state index contributed by atoms with van der Waals surface area (Å²) in [6.07, 6.45) is 3.14. The lowest BCUT2D eigenvalue weighted by molar-refractivity contribution is 0.0696. The van der Waals surface area contributed by atoms with Crippen LogP contribution in [-0.2, 0) is 12.6 Å². The summed E-state index contributed by atoms with van der Waals surface area (Å²) in [4.78, 5) is 31.8. The van der Waals surface area contributed by atoms with Gasteiger partial charge >= 0.3 is 5.97 Å². The number of aromatic nitrogens is 3. The number of nitrogens with zero attached hydrogens (tertiary/aromatic N) is 2. The Morgan fingerprint density at radius 1 is 1.00 bits per heavy atom. The molecule has 0 spiro atoms. The van der Waals surface area contributed by atoms with Gasteiger partial charge in [0.1, 0.15) is 5.56 Å². The highest BCUT2D eigenvalue weighted by molar-refractivity contribution is 6.31. The lowest BCUT2D eigenvalue weighted by Gasteiger charge is -2.30. The molecule has 36 heavy (non-hydrogen) atoms. The number of rotatable bonds is 5. The molecule has 5 aromatic rings. The average Bonchev–Trinajstić information content (AvgIpc) is 3.29. The molecule has 0 bridgehead atoms. The van der Waals surface area contributed by atoms with E-state index in [1.807, 2.05) is 0 Å². The van der Waals surface area contributed by atoms with E-state index in [2.05, 4.69) is 9.97 Å². The highest BCUT2D eigenvalue weighted by Gasteiger charge is 2.37. The van der Waals surface area contributed by atoms with Gasteiger partial charge in [0.25, 0.3) is 5.56 Å². The van der Waals surface area contributed by atoms with Crippen LogP contribution in [0.5, 0.6) is 0 Å². The Kier molecular flexibility index (Phi) is 5.92. The Hall–Kier alpha value is -3.91. The first kappa shape index (κ1) is 23.8. The molecule has 0 saturated heterocycles. The minimum absolute atomic E-state index is 0.203. The highest BCUT2D eigenvalue weighted by Crippen LogP contribution is 2.40. The lowest BCUT2D eigenvalue weighted by atomic mass is 9.82. The summed E-state index contributed by atoms with van der Waals surface area (Å²) >= 11 is 12.3. The number of nitrogens with one attached hydrogen (secondary N) is 1. The van der Waals surface area contributed by atoms with Crippen LogP contribution in [0.3, 0.4) is 0 Å². The topological polar surface area (TPSA) is 108 Å². The van der Waals surface area contributed by atoms with E-state index in [4.69, 9.17) is 23.2 Å². The maximum Gasteiger partial charge on any atom is 0.342 e. The minimum Gasteiger partial charge on any atom is -0.477 e. The van der Waals surface area contributed by atoms with Crippen LogP contribution in [0.25, 0.3) is 22.0 Å². The number of carbonyl (C=O) groups is 1. The van der Waals surface area contributed by atoms with Gasteiger partial charge in [0.2, 0.25) is 0 Å². The van der Waals surface area contributed by atoms with E-state index in [-0.39, 0.29) is 5.56 Å². The largest absolute Gasteiger partial charge is 0.477 e. The molecule has 0 aliphatic rings. The van der Waals surface area contributed by atoms with E-state index in [1.165, 1.54) is 0 Å². The molecule has 2 aromatic heterocycles. The molecule has 0 radical (unpaired) electrons. The van der Waals surface area contributed by atoms with Gasteiger partial charge in [0, 0.05) is 33.6 Å². The molecule has 5 rings (SSSR count). The van der Waals surface area contributed by atoms with E-state index < -0.39 is 22.7 Å². The molecular weight excluding hydrogens is 501 g/mol. The maximum absolute atomic E-state index is 12.8. The molecule has 0 saturated carbocycles. The quantitative estimate of drug-likeness (QED) is 0.295. The lowest BCUT2D eigenvalue weighted by Crippen LogP contribution is -2.31. The molecular formula is C27H19Cl2N3O4. The second-order valence-electron chi connectivity index (χ2n) is 8.39. The van der Waals surface area contributed by atoms with Gasteiger partial charge in [-0.2, -0.15) is 0 Å². The van der Waals surface area contributed by atoms with Crippen molar-refractivity contribution in [2.75, 3.05) is 0 Å². The van der Waals surface area contributed by atoms with Gasteiger partial charge in [-0.25, -0.2) is 9.78 Å². The van der Waals surface area contributed by atoms with Gasteiger partial charge in [-0.05, 0) is 53.1 Å². The fourth-order valence-corrected chi connectivity index (χ4v) is 4.84. The zero-order valence-corrected chi connectivity index (χ0v) is 20.4. The first-order valence-corrected chi connectivity index (χ1v) is 11.6. The molecule has 0 fully saturated rings. The first-order valence-electron chi connectivity index (χ1n) is 10.8. The molecule has 0 amide bonds. The third-order valence-corrected chi connectivity index (χ3v) is 6.70. The third kappa shape index (κ3) is 3.87. The van der Waals surface area contributed by atoms with E-state index >= 15 is 0 Å². The van der Waals surface area contributed by atoms with Crippen LogP contribution >= 0.6 is 23.2 Å². The molecule has 2 heterocycles. The standard InChI is InChI=1S/C27H19Cl2N3O4/c1-32-14-30-13-22(32)27(36,16-5-8-18(28)9-6-16)17-7-10-21-20(12-17)23(15-3-2-4-19(29)11-15)24(26(34)35)25(33)31-21/h2-14,36H,1H3,(H,31,33)(H,34,35). The number of aromatic carboxylic acids is 1. The summed E-state index contributed by atoms with van der Waals surface area (Å²) in [6.45, 7) is 0. The van der Waals surface area contributed by atoms with E-state index in [9.17, 15) is 19.8 Å². The van der Waals surface area contributed by atoms with E-state index in [1.54, 1.807) is 90.9 Å². The number of carboxylic acids is 1. The Morgan fingerprint density at radius 2 is 1.72 bits per heavy atom. The van der Waals surface area contributed by atoms with Crippen molar-refractivity contribution >= 4 is 40.1 Å². The maximum atomic E-state index is 12.8. The van der Waals surface area contributed by atoms with Crippen LogP contribution < -0.4 is 5.56 Å². The summed E-state index contributed by atoms with van der Waals surface area (Å²) < 4.78 is 1.70. The Morgan fingerprint density at radius 3 is 2.36 bits per heavy atom. The van der Waals surface area contributed by atoms with Crippen LogP contribution in [0.15, 0.2) is 84.0 Å². The SMILES string of the molecule is Cn1cncc1C(O)(c1ccc(Cl)cc1)c1ccc2[nH]c(=O)c(C(=O)O)c(-c3cccc(Cl)c3)c2c1. The monoisotopic (exact) mass is 519 g/mol. The zero-order chi connectivity index (χ0) is 25.6. The van der Waals surface area contributed by atoms with Crippen LogP contribution in [0.2, 0.25) is 10.0 Å². The third-order valence-electron chi connectivity index (χ3n) is 6.21. The number of carboxylic acid groups (broad SMARTS) is 1. The van der Waals surface area contributed by atoms with Gasteiger partial charge < -0.3 is 19.8 Å². The van der Waals surface area contributed by atoms with Crippen molar-refractivity contribution in [2.24, 2.45) is 7.05 Å². The second kappa shape index (κ2) is 8.95. The number of aromatic amines is 1. The number of imidazole rings is 1. The minimum atomic E-state index is -1.67. The van der Waals surface area contributed by atoms with Crippen LogP contribution in [0, 0.1) is 0 Å². The van der Waals surface area contributed by atoms with Gasteiger partial charge in [-0.15, -0.1) is 0 Å². The molecule has 0 aliphatic heterocycles. The molecule has 3 N–H and O–H groups in total. The Labute approximate surface area is 215 Å². The molecule has 1 atom stereocenters. The summed E-state index contributed by atoms with van der Waals surface area (Å²) in [6, 6.07) is 18.4. The fraction of sp³-hybridized carbons (Fsp3) is 0.0741. The smallest absolute Gasteiger partial charge is 0.342 e. The van der Waals surface area contributed by atoms with Crippen molar-refractivity contribution in [1.29, 1.82) is 0 Å². The molecule has 9 heteroatoms. The Balaban J connectivity index is 1.88. The number of aryl methyl sites for hydroxylation is 1. The van der Waals surface area contributed by atoms with Crippen LogP contribution in [0.4, 0.5) is 0 Å². The number of pyridine rings is 1. The van der Waals surface area contributed by atoms with Gasteiger partial charge in [0.05, 0.1) is 18.2 Å². The number of H-pyrrole nitrogens is 1. The summed E-state index contributed by atoms with van der Waals surface area (Å²) in [5, 5.41) is 23.5. The normalized spacial score (nSPS) is 13.0. The first-order chi connectivity index (χ1) is 17.2. The van der Waals surface area contributed by atoms with E-state index in [0.717, 1.165) is 0 Å². The molecule has 3 aromatic carbocycles. The Bertz CT molecular complexity index is 1690. The van der Waals surface area contributed by atoms with Gasteiger partial charge in [-0.1, -0.05) is 53.5 Å². The molecule has 0 aliphatic carbocycles. The number of fused-ring (bicyclic) bond motifs is 1. The average molecular weight is 520 g/mol. The highest BCUT2D eigenvalue weighted by atomic mass is 35.5. The molecule has 180 valence electrons. The van der Waals surface area contributed by atoms with Crippen LogP contribution in [0.1, 0.15) is 27.2 Å². The van der Waals surface area contributed by atoms with Crippen molar-refractivity contribution < 1.29 is 15.0 Å². The number of halogens is 2. The zero-order valence-electron chi connectivity index (χ0n) is 18.9. The fourth-order valence-electron chi connectivity index (χ4n) is 4.53. The summed E-state index contributed by atoms with van der Waals surface area (Å²) in [7, 11) is 1.77. The van der Waals surface area contributed by atoms with E-state index in [0.29, 0.717) is 43.3 Å². The molecule has 1 unspecified atom stereocenters. The number of hydrogen-bond acceptors (Lipinski definition) is 4. The number of hydrogen-bond donors (Lipinski definition) is 3. The van der Waals surface area contributed by atoms with Crippen molar-refractivity contribution in [1.82, 2.24) is 14.5 Å². The predicted molar refractivity (Wildman–Crippen MR) is 139 cm³/mol. The van der Waals surface area contributed by atoms with Crippen molar-refractivity contribution in [3.05, 3.63) is 122 Å². The van der Waals surface area contributed by atoms with Gasteiger partial charge in [0.15, 0.2) is 5.60 Å². The number of benzene rings is 3. The van der Waals surface area contributed by atoms with Gasteiger partial charge in [-0.3, -0.25) is 4.79 Å². The van der Waals surface area contributed by atoms with Crippen molar-refractivity contribution in [3.8, 4) is 11.1 Å². The van der Waals surface area contributed by atoms with Crippen molar-refractivity contribution in [2.45, 2.75) is 5.60 Å². The summed E-state index contributed by atoms with van der Waals surface area (Å²) in [5.74, 6) is -1.38. The second-order valence-corrected chi connectivity index (χ2v) is 9.26. The molecule has 7 nitrogen and oxygen atoms in total. The predicted octanol–water partition coefficient (Wildman–Crippen LogP) is 5.22. The number of aliphatic hydroxyl groups is 1. The summed E-state index contributed by atoms with van der Waals surface area (Å²) in [5.41, 5.74) is -0.305.